The molecular weight excluding hydrogens is 352 g/mol. The van der Waals surface area contributed by atoms with E-state index in [9.17, 15) is 9.59 Å². The highest BCUT2D eigenvalue weighted by Gasteiger charge is 2.54. The molecule has 1 aromatic carbocycles. The summed E-state index contributed by atoms with van der Waals surface area (Å²) in [4.78, 5) is 25.0. The minimum Gasteiger partial charge on any atom is -0.491 e. The van der Waals surface area contributed by atoms with E-state index < -0.39 is 0 Å². The van der Waals surface area contributed by atoms with Crippen LogP contribution in [-0.2, 0) is 9.59 Å². The second-order valence-electron chi connectivity index (χ2n) is 9.30. The van der Waals surface area contributed by atoms with E-state index in [4.69, 9.17) is 4.74 Å². The van der Waals surface area contributed by atoms with Gasteiger partial charge in [-0.3, -0.25) is 9.59 Å². The van der Waals surface area contributed by atoms with Crippen molar-refractivity contribution in [2.75, 3.05) is 19.7 Å². The summed E-state index contributed by atoms with van der Waals surface area (Å²) in [5, 5.41) is 5.77. The van der Waals surface area contributed by atoms with Crippen LogP contribution in [-0.4, -0.2) is 31.5 Å². The van der Waals surface area contributed by atoms with Crippen LogP contribution in [0.1, 0.15) is 49.7 Å². The molecule has 0 saturated heterocycles. The Morgan fingerprint density at radius 1 is 1.00 bits per heavy atom. The van der Waals surface area contributed by atoms with Crippen LogP contribution in [0.25, 0.3) is 0 Å². The number of para-hydroxylation sites is 1. The number of benzene rings is 1. The summed E-state index contributed by atoms with van der Waals surface area (Å²) in [7, 11) is 0. The van der Waals surface area contributed by atoms with E-state index in [2.05, 4.69) is 10.6 Å². The molecule has 4 saturated carbocycles. The Bertz CT molecular complexity index is 703. The molecule has 5 rings (SSSR count). The molecule has 28 heavy (non-hydrogen) atoms. The van der Waals surface area contributed by atoms with Crippen molar-refractivity contribution in [3.05, 3.63) is 29.3 Å². The van der Waals surface area contributed by atoms with Crippen LogP contribution in [0.3, 0.4) is 0 Å². The second-order valence-corrected chi connectivity index (χ2v) is 9.30. The van der Waals surface area contributed by atoms with Crippen LogP contribution in [0.2, 0.25) is 0 Å². The van der Waals surface area contributed by atoms with Crippen molar-refractivity contribution in [3.63, 3.8) is 0 Å². The van der Waals surface area contributed by atoms with Gasteiger partial charge >= 0.3 is 0 Å². The average Bonchev–Trinajstić information content (AvgIpc) is 2.64. The fourth-order valence-corrected chi connectivity index (χ4v) is 6.17. The number of aryl methyl sites for hydroxylation is 2. The third-order valence-electron chi connectivity index (χ3n) is 7.01. The van der Waals surface area contributed by atoms with Gasteiger partial charge in [-0.25, -0.2) is 0 Å². The largest absolute Gasteiger partial charge is 0.491 e. The molecule has 2 N–H and O–H groups in total. The van der Waals surface area contributed by atoms with Gasteiger partial charge in [0.05, 0.1) is 13.1 Å². The first-order valence-corrected chi connectivity index (χ1v) is 10.7. The highest BCUT2D eigenvalue weighted by atomic mass is 16.5. The quantitative estimate of drug-likeness (QED) is 0.710. The second kappa shape index (κ2) is 7.76. The lowest BCUT2D eigenvalue weighted by Crippen LogP contribution is -2.54. The molecule has 4 aliphatic rings. The van der Waals surface area contributed by atoms with Gasteiger partial charge in [0.2, 0.25) is 11.8 Å². The van der Waals surface area contributed by atoms with Gasteiger partial charge in [-0.2, -0.15) is 0 Å². The maximum atomic E-state index is 12.9. The molecule has 152 valence electrons. The van der Waals surface area contributed by atoms with E-state index in [-0.39, 0.29) is 23.8 Å². The van der Waals surface area contributed by atoms with Crippen LogP contribution in [0.5, 0.6) is 5.75 Å². The maximum Gasteiger partial charge on any atom is 0.239 e. The molecule has 0 heterocycles. The third kappa shape index (κ3) is 3.89. The number of rotatable bonds is 7. The van der Waals surface area contributed by atoms with Crippen molar-refractivity contribution in [1.29, 1.82) is 0 Å². The van der Waals surface area contributed by atoms with Crippen molar-refractivity contribution in [1.82, 2.24) is 10.6 Å². The van der Waals surface area contributed by atoms with E-state index in [1.165, 1.54) is 19.3 Å². The number of amides is 2. The summed E-state index contributed by atoms with van der Waals surface area (Å²) in [6.07, 6.45) is 7.01. The first-order valence-electron chi connectivity index (χ1n) is 10.7. The lowest BCUT2D eigenvalue weighted by molar-refractivity contribution is -0.147. The normalized spacial score (nSPS) is 30.1. The summed E-state index contributed by atoms with van der Waals surface area (Å²) in [5.41, 5.74) is 1.99. The fraction of sp³-hybridized carbons (Fsp3) is 0.652. The zero-order chi connectivity index (χ0) is 19.7. The maximum absolute atomic E-state index is 12.9. The molecule has 0 atom stereocenters. The minimum atomic E-state index is -0.194. The van der Waals surface area contributed by atoms with Crippen LogP contribution in [0.15, 0.2) is 18.2 Å². The molecule has 2 amide bonds. The number of hydrogen-bond donors (Lipinski definition) is 2. The zero-order valence-electron chi connectivity index (χ0n) is 17.1. The van der Waals surface area contributed by atoms with Gasteiger partial charge in [0.1, 0.15) is 12.4 Å². The van der Waals surface area contributed by atoms with E-state index in [1.807, 2.05) is 32.0 Å². The molecule has 0 aromatic heterocycles. The zero-order valence-corrected chi connectivity index (χ0v) is 17.1. The van der Waals surface area contributed by atoms with Crippen molar-refractivity contribution >= 4 is 11.8 Å². The number of ether oxygens (including phenoxy) is 1. The summed E-state index contributed by atoms with van der Waals surface area (Å²) < 4.78 is 5.81. The van der Waals surface area contributed by atoms with Crippen molar-refractivity contribution in [3.8, 4) is 5.75 Å². The summed E-state index contributed by atoms with van der Waals surface area (Å²) in [6.45, 7) is 4.94. The minimum absolute atomic E-state index is 0.0595. The Hall–Kier alpha value is -2.04. The predicted octanol–water partition coefficient (Wildman–Crippen LogP) is 3.13. The molecule has 4 fully saturated rings. The average molecular weight is 385 g/mol. The highest BCUT2D eigenvalue weighted by molar-refractivity contribution is 5.88. The molecule has 0 radical (unpaired) electrons. The smallest absolute Gasteiger partial charge is 0.239 e. The molecule has 4 aliphatic carbocycles. The van der Waals surface area contributed by atoms with E-state index >= 15 is 0 Å². The first-order chi connectivity index (χ1) is 13.4. The van der Waals surface area contributed by atoms with Gasteiger partial charge in [-0.05, 0) is 81.3 Å². The Morgan fingerprint density at radius 3 is 2.14 bits per heavy atom. The Balaban J connectivity index is 1.19. The van der Waals surface area contributed by atoms with Crippen LogP contribution < -0.4 is 15.4 Å². The monoisotopic (exact) mass is 384 g/mol. The number of carbonyl (C=O) groups is 2. The Labute approximate surface area is 167 Å². The molecule has 0 aliphatic heterocycles. The molecule has 1 aromatic rings. The van der Waals surface area contributed by atoms with Crippen molar-refractivity contribution in [2.24, 2.45) is 23.2 Å². The number of nitrogens with one attached hydrogen (secondary N) is 2. The van der Waals surface area contributed by atoms with Crippen LogP contribution in [0.4, 0.5) is 0 Å². The molecule has 5 nitrogen and oxygen atoms in total. The SMILES string of the molecule is Cc1cccc(C)c1OCCNC(=O)CNC(=O)C12CC3CC(CC(C3)C1)C2. The standard InChI is InChI=1S/C23H32N2O3/c1-15-4-3-5-16(2)21(15)28-7-6-24-20(26)14-25-22(27)23-11-17-8-18(12-23)10-19(9-17)13-23/h3-5,17-19H,6-14H2,1-2H3,(H,24,26)(H,25,27). The summed E-state index contributed by atoms with van der Waals surface area (Å²) in [6, 6.07) is 6.04. The molecule has 4 bridgehead atoms. The van der Waals surface area contributed by atoms with E-state index in [0.29, 0.717) is 13.2 Å². The van der Waals surface area contributed by atoms with E-state index in [0.717, 1.165) is 53.9 Å². The first kappa shape index (κ1) is 19.3. The molecule has 5 heteroatoms. The predicted molar refractivity (Wildman–Crippen MR) is 108 cm³/mol. The Kier molecular flexibility index (Phi) is 5.35. The molecular formula is C23H32N2O3. The Morgan fingerprint density at radius 2 is 1.57 bits per heavy atom. The van der Waals surface area contributed by atoms with Crippen molar-refractivity contribution in [2.45, 2.75) is 52.4 Å². The lowest BCUT2D eigenvalue weighted by atomic mass is 9.49. The number of carbonyl (C=O) groups excluding carboxylic acids is 2. The van der Waals surface area contributed by atoms with Gasteiger partial charge in [-0.15, -0.1) is 0 Å². The van der Waals surface area contributed by atoms with Crippen LogP contribution in [0, 0.1) is 37.0 Å². The van der Waals surface area contributed by atoms with E-state index in [1.54, 1.807) is 0 Å². The highest BCUT2D eigenvalue weighted by Crippen LogP contribution is 2.60. The third-order valence-corrected chi connectivity index (χ3v) is 7.01. The summed E-state index contributed by atoms with van der Waals surface area (Å²) in [5.74, 6) is 3.03. The van der Waals surface area contributed by atoms with Crippen LogP contribution >= 0.6 is 0 Å². The van der Waals surface area contributed by atoms with Crippen molar-refractivity contribution < 1.29 is 14.3 Å². The fourth-order valence-electron chi connectivity index (χ4n) is 6.17. The van der Waals surface area contributed by atoms with Gasteiger partial charge < -0.3 is 15.4 Å². The lowest BCUT2D eigenvalue weighted by Gasteiger charge is -2.55. The topological polar surface area (TPSA) is 67.4 Å². The summed E-state index contributed by atoms with van der Waals surface area (Å²) >= 11 is 0. The number of hydrogen-bond acceptors (Lipinski definition) is 3. The van der Waals surface area contributed by atoms with Gasteiger partial charge in [0.15, 0.2) is 0 Å². The van der Waals surface area contributed by atoms with Gasteiger partial charge in [-0.1, -0.05) is 18.2 Å². The van der Waals surface area contributed by atoms with Gasteiger partial charge in [0.25, 0.3) is 0 Å². The van der Waals surface area contributed by atoms with Gasteiger partial charge in [0, 0.05) is 5.41 Å². The molecule has 0 spiro atoms. The molecule has 0 unspecified atom stereocenters.